The van der Waals surface area contributed by atoms with E-state index in [9.17, 15) is 9.90 Å². The van der Waals surface area contributed by atoms with Crippen LogP contribution in [0.25, 0.3) is 0 Å². The van der Waals surface area contributed by atoms with Crippen molar-refractivity contribution in [3.8, 4) is 0 Å². The smallest absolute Gasteiger partial charge is 0.223 e. The number of carbonyl (C=O) groups is 1. The number of rotatable bonds is 4. The van der Waals surface area contributed by atoms with E-state index >= 15 is 0 Å². The highest BCUT2D eigenvalue weighted by atomic mass is 16.3. The second kappa shape index (κ2) is 5.20. The quantitative estimate of drug-likeness (QED) is 0.802. The van der Waals surface area contributed by atoms with E-state index in [1.807, 2.05) is 0 Å². The third kappa shape index (κ3) is 2.29. The molecule has 18 heavy (non-hydrogen) atoms. The Morgan fingerprint density at radius 3 is 2.61 bits per heavy atom. The summed E-state index contributed by atoms with van der Waals surface area (Å²) in [5.41, 5.74) is 0. The Morgan fingerprint density at radius 2 is 1.94 bits per heavy atom. The number of fused-ring (bicyclic) bond motifs is 2. The van der Waals surface area contributed by atoms with Crippen molar-refractivity contribution in [2.75, 3.05) is 13.2 Å². The van der Waals surface area contributed by atoms with Gasteiger partial charge in [-0.1, -0.05) is 12.8 Å². The summed E-state index contributed by atoms with van der Waals surface area (Å²) in [6.07, 6.45) is 8.55. The minimum atomic E-state index is 0.286. The third-order valence-electron chi connectivity index (χ3n) is 5.66. The highest BCUT2D eigenvalue weighted by molar-refractivity contribution is 5.79. The van der Waals surface area contributed by atoms with E-state index < -0.39 is 0 Å². The van der Waals surface area contributed by atoms with Crippen molar-refractivity contribution >= 4 is 5.91 Å². The topological polar surface area (TPSA) is 49.3 Å². The number of aliphatic hydroxyl groups excluding tert-OH is 1. The zero-order chi connectivity index (χ0) is 12.5. The summed E-state index contributed by atoms with van der Waals surface area (Å²) in [4.78, 5) is 12.2. The van der Waals surface area contributed by atoms with Crippen LogP contribution in [-0.2, 0) is 4.79 Å². The molecule has 0 aromatic carbocycles. The van der Waals surface area contributed by atoms with Gasteiger partial charge in [-0.25, -0.2) is 0 Å². The number of hydrogen-bond donors (Lipinski definition) is 2. The number of carbonyl (C=O) groups excluding carboxylic acids is 1. The Hall–Kier alpha value is -0.570. The van der Waals surface area contributed by atoms with Crippen LogP contribution in [-0.4, -0.2) is 24.2 Å². The fourth-order valence-corrected chi connectivity index (χ4v) is 4.55. The summed E-state index contributed by atoms with van der Waals surface area (Å²) in [7, 11) is 0. The summed E-state index contributed by atoms with van der Waals surface area (Å²) >= 11 is 0. The lowest BCUT2D eigenvalue weighted by molar-refractivity contribution is -0.126. The predicted octanol–water partition coefficient (Wildman–Crippen LogP) is 1.95. The zero-order valence-corrected chi connectivity index (χ0v) is 11.1. The standard InChI is InChI=1S/C15H25NO2/c17-9-13-3-1-2-12(13)8-16-15(18)14-7-10-4-5-11(14)6-10/h10-14,17H,1-9H2,(H,16,18). The molecule has 0 aliphatic heterocycles. The lowest BCUT2D eigenvalue weighted by atomic mass is 9.88. The molecule has 3 fully saturated rings. The first-order chi connectivity index (χ1) is 8.78. The van der Waals surface area contributed by atoms with Crippen LogP contribution in [0.5, 0.6) is 0 Å². The van der Waals surface area contributed by atoms with Crippen LogP contribution < -0.4 is 5.32 Å². The van der Waals surface area contributed by atoms with E-state index in [1.165, 1.54) is 32.1 Å². The highest BCUT2D eigenvalue weighted by Crippen LogP contribution is 2.48. The molecule has 5 unspecified atom stereocenters. The Kier molecular flexibility index (Phi) is 3.60. The van der Waals surface area contributed by atoms with E-state index in [0.717, 1.165) is 25.3 Å². The van der Waals surface area contributed by atoms with Crippen LogP contribution in [0.3, 0.4) is 0 Å². The van der Waals surface area contributed by atoms with Crippen LogP contribution in [0, 0.1) is 29.6 Å². The van der Waals surface area contributed by atoms with Gasteiger partial charge in [-0.3, -0.25) is 4.79 Å². The molecule has 3 aliphatic carbocycles. The molecule has 3 aliphatic rings. The summed E-state index contributed by atoms with van der Waals surface area (Å²) < 4.78 is 0. The van der Waals surface area contributed by atoms with Gasteiger partial charge in [0.25, 0.3) is 0 Å². The summed E-state index contributed by atoms with van der Waals surface area (Å²) in [5.74, 6) is 3.04. The molecule has 3 rings (SSSR count). The fraction of sp³-hybridized carbons (Fsp3) is 0.933. The summed E-state index contributed by atoms with van der Waals surface area (Å²) in [5, 5.41) is 12.5. The van der Waals surface area contributed by atoms with Gasteiger partial charge < -0.3 is 10.4 Å². The molecule has 2 bridgehead atoms. The molecule has 3 nitrogen and oxygen atoms in total. The summed E-state index contributed by atoms with van der Waals surface area (Å²) in [6.45, 7) is 1.08. The van der Waals surface area contributed by atoms with Crippen LogP contribution in [0.4, 0.5) is 0 Å². The predicted molar refractivity (Wildman–Crippen MR) is 69.9 cm³/mol. The number of amides is 1. The molecule has 3 heteroatoms. The Balaban J connectivity index is 1.47. The van der Waals surface area contributed by atoms with Crippen LogP contribution >= 0.6 is 0 Å². The highest BCUT2D eigenvalue weighted by Gasteiger charge is 2.43. The SMILES string of the molecule is O=C(NCC1CCCC1CO)C1CC2CCC1C2. The first kappa shape index (κ1) is 12.5. The van der Waals surface area contributed by atoms with Crippen molar-refractivity contribution < 1.29 is 9.90 Å². The maximum Gasteiger partial charge on any atom is 0.223 e. The van der Waals surface area contributed by atoms with Gasteiger partial charge in [0.2, 0.25) is 5.91 Å². The lowest BCUT2D eigenvalue weighted by Gasteiger charge is -2.23. The van der Waals surface area contributed by atoms with Gasteiger partial charge in [-0.15, -0.1) is 0 Å². The van der Waals surface area contributed by atoms with E-state index in [0.29, 0.717) is 29.6 Å². The van der Waals surface area contributed by atoms with Gasteiger partial charge in [0.15, 0.2) is 0 Å². The zero-order valence-electron chi connectivity index (χ0n) is 11.1. The first-order valence-corrected chi connectivity index (χ1v) is 7.66. The van der Waals surface area contributed by atoms with Gasteiger partial charge >= 0.3 is 0 Å². The number of aliphatic hydroxyl groups is 1. The maximum atomic E-state index is 12.2. The Bertz CT molecular complexity index is 318. The molecule has 0 heterocycles. The molecule has 0 aromatic rings. The molecule has 0 radical (unpaired) electrons. The monoisotopic (exact) mass is 251 g/mol. The van der Waals surface area contributed by atoms with Crippen LogP contribution in [0.15, 0.2) is 0 Å². The normalized spacial score (nSPS) is 42.4. The van der Waals surface area contributed by atoms with E-state index in [-0.39, 0.29) is 6.61 Å². The fourth-order valence-electron chi connectivity index (χ4n) is 4.55. The van der Waals surface area contributed by atoms with Crippen molar-refractivity contribution in [2.45, 2.75) is 44.9 Å². The van der Waals surface area contributed by atoms with Crippen molar-refractivity contribution in [3.05, 3.63) is 0 Å². The van der Waals surface area contributed by atoms with Crippen LogP contribution in [0.1, 0.15) is 44.9 Å². The van der Waals surface area contributed by atoms with Gasteiger partial charge in [-0.2, -0.15) is 0 Å². The Morgan fingerprint density at radius 1 is 1.11 bits per heavy atom. The largest absolute Gasteiger partial charge is 0.396 e. The molecule has 0 aromatic heterocycles. The molecular weight excluding hydrogens is 226 g/mol. The van der Waals surface area contributed by atoms with Crippen molar-refractivity contribution in [1.82, 2.24) is 5.32 Å². The molecule has 0 spiro atoms. The van der Waals surface area contributed by atoms with E-state index in [2.05, 4.69) is 5.32 Å². The minimum absolute atomic E-state index is 0.286. The molecule has 102 valence electrons. The lowest BCUT2D eigenvalue weighted by Crippen LogP contribution is -2.37. The van der Waals surface area contributed by atoms with Gasteiger partial charge in [0.1, 0.15) is 0 Å². The van der Waals surface area contributed by atoms with Gasteiger partial charge in [-0.05, 0) is 55.8 Å². The number of nitrogens with one attached hydrogen (secondary N) is 1. The maximum absolute atomic E-state index is 12.2. The van der Waals surface area contributed by atoms with Crippen molar-refractivity contribution in [2.24, 2.45) is 29.6 Å². The molecule has 2 N–H and O–H groups in total. The van der Waals surface area contributed by atoms with Crippen LogP contribution in [0.2, 0.25) is 0 Å². The number of hydrogen-bond acceptors (Lipinski definition) is 2. The second-order valence-corrected chi connectivity index (χ2v) is 6.66. The molecule has 5 atom stereocenters. The second-order valence-electron chi connectivity index (χ2n) is 6.66. The van der Waals surface area contributed by atoms with Gasteiger partial charge in [0.05, 0.1) is 0 Å². The molecule has 1 amide bonds. The average Bonchev–Trinajstić information content (AvgIpc) is 3.10. The van der Waals surface area contributed by atoms with E-state index in [1.54, 1.807) is 0 Å². The summed E-state index contributed by atoms with van der Waals surface area (Å²) in [6, 6.07) is 0. The average molecular weight is 251 g/mol. The molecule has 0 saturated heterocycles. The third-order valence-corrected chi connectivity index (χ3v) is 5.66. The van der Waals surface area contributed by atoms with Gasteiger partial charge in [0, 0.05) is 19.1 Å². The Labute approximate surface area is 109 Å². The first-order valence-electron chi connectivity index (χ1n) is 7.66. The molecular formula is C15H25NO2. The van der Waals surface area contributed by atoms with Crippen molar-refractivity contribution in [3.63, 3.8) is 0 Å². The van der Waals surface area contributed by atoms with Crippen molar-refractivity contribution in [1.29, 1.82) is 0 Å². The van der Waals surface area contributed by atoms with E-state index in [4.69, 9.17) is 0 Å². The minimum Gasteiger partial charge on any atom is -0.396 e. The molecule has 3 saturated carbocycles.